The van der Waals surface area contributed by atoms with Gasteiger partial charge in [0.15, 0.2) is 0 Å². The van der Waals surface area contributed by atoms with Crippen LogP contribution in [0, 0.1) is 12.3 Å². The molecule has 2 fully saturated rings. The summed E-state index contributed by atoms with van der Waals surface area (Å²) in [5.74, 6) is 0.939. The lowest BCUT2D eigenvalue weighted by Gasteiger charge is -2.16. The highest BCUT2D eigenvalue weighted by molar-refractivity contribution is 4.92. The van der Waals surface area contributed by atoms with Crippen LogP contribution in [0.2, 0.25) is 0 Å². The second-order valence-corrected chi connectivity index (χ2v) is 3.54. The molecule has 3 atom stereocenters. The average Bonchev–Trinajstić information content (AvgIpc) is 2.66. The van der Waals surface area contributed by atoms with Gasteiger partial charge in [-0.05, 0) is 38.0 Å². The van der Waals surface area contributed by atoms with Crippen LogP contribution in [0.25, 0.3) is 0 Å². The first-order valence-electron chi connectivity index (χ1n) is 4.33. The van der Waals surface area contributed by atoms with Crippen LogP contribution in [0.5, 0.6) is 0 Å². The van der Waals surface area contributed by atoms with E-state index in [0.29, 0.717) is 12.2 Å². The molecule has 1 saturated heterocycles. The van der Waals surface area contributed by atoms with E-state index in [-0.39, 0.29) is 0 Å². The fourth-order valence-corrected chi connectivity index (χ4v) is 2.03. The minimum atomic E-state index is 0.665. The molecule has 0 aromatic rings. The Bertz CT molecular complexity index is 122. The summed E-state index contributed by atoms with van der Waals surface area (Å²) < 4.78 is 5.44. The number of hydrogen-bond donors (Lipinski definition) is 0. The van der Waals surface area contributed by atoms with Crippen molar-refractivity contribution in [3.8, 4) is 0 Å². The van der Waals surface area contributed by atoms with Crippen molar-refractivity contribution in [2.75, 3.05) is 0 Å². The second kappa shape index (κ2) is 2.54. The van der Waals surface area contributed by atoms with E-state index >= 15 is 0 Å². The molecule has 10 heavy (non-hydrogen) atoms. The van der Waals surface area contributed by atoms with Gasteiger partial charge in [-0.15, -0.1) is 0 Å². The number of hydrogen-bond acceptors (Lipinski definition) is 1. The highest BCUT2D eigenvalue weighted by Crippen LogP contribution is 2.40. The standard InChI is InChI=1S/C9H15O/c1-2-3-7-4-5-8-9(6-7)10-8/h2,7-9H,3-6H2,1H3. The molecule has 0 N–H and O–H groups in total. The summed E-state index contributed by atoms with van der Waals surface area (Å²) in [5, 5.41) is 0. The first kappa shape index (κ1) is 6.66. The molecule has 0 amide bonds. The third-order valence-corrected chi connectivity index (χ3v) is 2.68. The number of epoxide rings is 1. The lowest BCUT2D eigenvalue weighted by Crippen LogP contribution is -2.12. The van der Waals surface area contributed by atoms with Gasteiger partial charge in [-0.3, -0.25) is 0 Å². The van der Waals surface area contributed by atoms with Gasteiger partial charge < -0.3 is 4.74 Å². The van der Waals surface area contributed by atoms with Gasteiger partial charge in [0.05, 0.1) is 12.2 Å². The zero-order valence-corrected chi connectivity index (χ0v) is 6.55. The quantitative estimate of drug-likeness (QED) is 0.534. The molecule has 1 aliphatic carbocycles. The van der Waals surface area contributed by atoms with Gasteiger partial charge in [0.1, 0.15) is 0 Å². The summed E-state index contributed by atoms with van der Waals surface area (Å²) in [7, 11) is 0. The maximum absolute atomic E-state index is 5.44. The van der Waals surface area contributed by atoms with E-state index < -0.39 is 0 Å². The van der Waals surface area contributed by atoms with Crippen LogP contribution >= 0.6 is 0 Å². The van der Waals surface area contributed by atoms with Crippen LogP contribution in [0.3, 0.4) is 0 Å². The topological polar surface area (TPSA) is 12.5 Å². The Balaban J connectivity index is 1.77. The van der Waals surface area contributed by atoms with Gasteiger partial charge >= 0.3 is 0 Å². The second-order valence-electron chi connectivity index (χ2n) is 3.54. The summed E-state index contributed by atoms with van der Waals surface area (Å²) in [6.07, 6.45) is 8.97. The lowest BCUT2D eigenvalue weighted by molar-refractivity contribution is 0.359. The monoisotopic (exact) mass is 139 g/mol. The molecule has 0 aromatic carbocycles. The fourth-order valence-electron chi connectivity index (χ4n) is 2.03. The van der Waals surface area contributed by atoms with Gasteiger partial charge in [0.2, 0.25) is 0 Å². The molecular formula is C9H15O. The molecule has 0 spiro atoms. The SMILES string of the molecule is C[CH]CC1CCC2OC2C1. The fraction of sp³-hybridized carbons (Fsp3) is 0.889. The Labute approximate surface area is 62.8 Å². The van der Waals surface area contributed by atoms with Gasteiger partial charge in [0, 0.05) is 0 Å². The third-order valence-electron chi connectivity index (χ3n) is 2.68. The molecule has 1 heteroatoms. The van der Waals surface area contributed by atoms with Crippen molar-refractivity contribution in [2.45, 2.75) is 44.8 Å². The van der Waals surface area contributed by atoms with E-state index in [4.69, 9.17) is 4.74 Å². The molecule has 0 bridgehead atoms. The largest absolute Gasteiger partial charge is 0.370 e. The molecule has 1 nitrogen and oxygen atoms in total. The Hall–Kier alpha value is -0.0400. The molecule has 3 unspecified atom stereocenters. The summed E-state index contributed by atoms with van der Waals surface area (Å²) in [5.41, 5.74) is 0. The average molecular weight is 139 g/mol. The molecule has 1 aliphatic heterocycles. The van der Waals surface area contributed by atoms with Gasteiger partial charge in [-0.1, -0.05) is 6.92 Å². The van der Waals surface area contributed by atoms with Crippen LogP contribution in [-0.4, -0.2) is 12.2 Å². The maximum Gasteiger partial charge on any atom is 0.0844 e. The minimum absolute atomic E-state index is 0.665. The van der Waals surface area contributed by atoms with Crippen molar-refractivity contribution >= 4 is 0 Å². The summed E-state index contributed by atoms with van der Waals surface area (Å²) in [6, 6.07) is 0. The molecule has 2 rings (SSSR count). The van der Waals surface area contributed by atoms with Crippen LogP contribution in [0.1, 0.15) is 32.6 Å². The molecule has 1 heterocycles. The smallest absolute Gasteiger partial charge is 0.0844 e. The number of fused-ring (bicyclic) bond motifs is 1. The Morgan fingerprint density at radius 3 is 3.00 bits per heavy atom. The molecule has 57 valence electrons. The van der Waals surface area contributed by atoms with Crippen LogP contribution < -0.4 is 0 Å². The van der Waals surface area contributed by atoms with E-state index in [1.165, 1.54) is 25.7 Å². The Kier molecular flexibility index (Phi) is 1.69. The van der Waals surface area contributed by atoms with E-state index in [0.717, 1.165) is 5.92 Å². The van der Waals surface area contributed by atoms with E-state index in [9.17, 15) is 0 Å². The summed E-state index contributed by atoms with van der Waals surface area (Å²) >= 11 is 0. The van der Waals surface area contributed by atoms with Crippen molar-refractivity contribution in [2.24, 2.45) is 5.92 Å². The van der Waals surface area contributed by atoms with Crippen molar-refractivity contribution < 1.29 is 4.74 Å². The number of rotatable bonds is 2. The van der Waals surface area contributed by atoms with E-state index in [1.54, 1.807) is 0 Å². The van der Waals surface area contributed by atoms with Crippen LogP contribution in [0.15, 0.2) is 0 Å². The lowest BCUT2D eigenvalue weighted by atomic mass is 9.86. The molecule has 1 saturated carbocycles. The van der Waals surface area contributed by atoms with Gasteiger partial charge in [0.25, 0.3) is 0 Å². The normalized spacial score (nSPS) is 44.7. The Morgan fingerprint density at radius 1 is 1.40 bits per heavy atom. The van der Waals surface area contributed by atoms with Gasteiger partial charge in [-0.2, -0.15) is 0 Å². The highest BCUT2D eigenvalue weighted by Gasteiger charge is 2.43. The summed E-state index contributed by atoms with van der Waals surface area (Å²) in [6.45, 7) is 2.15. The van der Waals surface area contributed by atoms with Crippen LogP contribution in [0.4, 0.5) is 0 Å². The van der Waals surface area contributed by atoms with E-state index in [2.05, 4.69) is 13.3 Å². The molecular weight excluding hydrogens is 124 g/mol. The highest BCUT2D eigenvalue weighted by atomic mass is 16.6. The van der Waals surface area contributed by atoms with Crippen molar-refractivity contribution in [1.82, 2.24) is 0 Å². The predicted molar refractivity (Wildman–Crippen MR) is 40.6 cm³/mol. The molecule has 1 radical (unpaired) electrons. The van der Waals surface area contributed by atoms with Crippen LogP contribution in [-0.2, 0) is 4.74 Å². The first-order chi connectivity index (χ1) is 4.90. The van der Waals surface area contributed by atoms with Crippen molar-refractivity contribution in [3.63, 3.8) is 0 Å². The number of ether oxygens (including phenoxy) is 1. The predicted octanol–water partition coefficient (Wildman–Crippen LogP) is 2.17. The third kappa shape index (κ3) is 1.20. The maximum atomic E-state index is 5.44. The minimum Gasteiger partial charge on any atom is -0.370 e. The molecule has 0 aromatic heterocycles. The van der Waals surface area contributed by atoms with Gasteiger partial charge in [-0.25, -0.2) is 0 Å². The Morgan fingerprint density at radius 2 is 2.30 bits per heavy atom. The van der Waals surface area contributed by atoms with E-state index in [1.807, 2.05) is 0 Å². The first-order valence-corrected chi connectivity index (χ1v) is 4.33. The van der Waals surface area contributed by atoms with Crippen molar-refractivity contribution in [3.05, 3.63) is 6.42 Å². The van der Waals surface area contributed by atoms with Crippen molar-refractivity contribution in [1.29, 1.82) is 0 Å². The zero-order chi connectivity index (χ0) is 6.97. The summed E-state index contributed by atoms with van der Waals surface area (Å²) in [4.78, 5) is 0. The zero-order valence-electron chi connectivity index (χ0n) is 6.55. The molecule has 2 aliphatic rings.